The van der Waals surface area contributed by atoms with Crippen molar-refractivity contribution in [2.75, 3.05) is 0 Å². The van der Waals surface area contributed by atoms with Crippen molar-refractivity contribution in [2.45, 2.75) is 25.7 Å². The molecule has 88 valence electrons. The lowest BCUT2D eigenvalue weighted by molar-refractivity contribution is -0.129. The number of aliphatic imine (C=N–C) groups is 1. The third-order valence-electron chi connectivity index (χ3n) is 2.84. The molecule has 2 rings (SSSR count). The number of hydrogen-bond acceptors (Lipinski definition) is 2. The van der Waals surface area contributed by atoms with Crippen LogP contribution in [0, 0.1) is 0 Å². The summed E-state index contributed by atoms with van der Waals surface area (Å²) < 4.78 is 0. The van der Waals surface area contributed by atoms with Gasteiger partial charge in [-0.3, -0.25) is 9.59 Å². The minimum absolute atomic E-state index is 0.317. The summed E-state index contributed by atoms with van der Waals surface area (Å²) >= 11 is 0. The monoisotopic (exact) mass is 230 g/mol. The Labute approximate surface area is 99.7 Å². The van der Waals surface area contributed by atoms with E-state index in [2.05, 4.69) is 24.2 Å². The SMILES string of the molecule is CC(C)c1ccc(C2C(=O)N=CNC2=O)cc1. The molecule has 1 aromatic carbocycles. The normalized spacial score (nSPS) is 19.6. The highest BCUT2D eigenvalue weighted by Gasteiger charge is 2.30. The van der Waals surface area contributed by atoms with Gasteiger partial charge in [0.2, 0.25) is 5.91 Å². The lowest BCUT2D eigenvalue weighted by Crippen LogP contribution is -2.36. The zero-order valence-corrected chi connectivity index (χ0v) is 9.81. The Morgan fingerprint density at radius 1 is 1.18 bits per heavy atom. The van der Waals surface area contributed by atoms with Crippen LogP contribution in [0.15, 0.2) is 29.3 Å². The molecule has 1 N–H and O–H groups in total. The molecule has 0 aliphatic carbocycles. The van der Waals surface area contributed by atoms with Gasteiger partial charge in [0.05, 0.1) is 6.34 Å². The van der Waals surface area contributed by atoms with Gasteiger partial charge in [0, 0.05) is 0 Å². The number of carbonyl (C=O) groups is 2. The average molecular weight is 230 g/mol. The number of nitrogens with one attached hydrogen (secondary N) is 1. The second-order valence-corrected chi connectivity index (χ2v) is 4.36. The molecule has 2 amide bonds. The second-order valence-electron chi connectivity index (χ2n) is 4.36. The van der Waals surface area contributed by atoms with Crippen LogP contribution in [0.5, 0.6) is 0 Å². The molecule has 0 saturated heterocycles. The van der Waals surface area contributed by atoms with E-state index < -0.39 is 11.8 Å². The molecule has 1 heterocycles. The molecule has 17 heavy (non-hydrogen) atoms. The molecule has 0 radical (unpaired) electrons. The molecule has 1 aliphatic heterocycles. The zero-order valence-electron chi connectivity index (χ0n) is 9.81. The van der Waals surface area contributed by atoms with Gasteiger partial charge in [-0.25, -0.2) is 4.99 Å². The summed E-state index contributed by atoms with van der Waals surface area (Å²) in [4.78, 5) is 26.8. The van der Waals surface area contributed by atoms with E-state index in [9.17, 15) is 9.59 Å². The van der Waals surface area contributed by atoms with Crippen LogP contribution < -0.4 is 5.32 Å². The number of rotatable bonds is 2. The predicted octanol–water partition coefficient (Wildman–Crippen LogP) is 1.58. The summed E-state index contributed by atoms with van der Waals surface area (Å²) in [5.41, 5.74) is 1.87. The van der Waals surface area contributed by atoms with Gasteiger partial charge in [0.1, 0.15) is 5.92 Å². The van der Waals surface area contributed by atoms with Gasteiger partial charge in [-0.1, -0.05) is 38.1 Å². The zero-order chi connectivity index (χ0) is 12.4. The molecule has 0 saturated carbocycles. The van der Waals surface area contributed by atoms with Crippen LogP contribution in [-0.2, 0) is 9.59 Å². The summed E-state index contributed by atoms with van der Waals surface area (Å²) in [5, 5.41) is 2.45. The summed E-state index contributed by atoms with van der Waals surface area (Å²) in [6.45, 7) is 4.19. The number of nitrogens with zero attached hydrogens (tertiary/aromatic N) is 1. The number of hydrogen-bond donors (Lipinski definition) is 1. The lowest BCUT2D eigenvalue weighted by Gasteiger charge is -2.16. The van der Waals surface area contributed by atoms with E-state index >= 15 is 0 Å². The Hall–Kier alpha value is -1.97. The van der Waals surface area contributed by atoms with E-state index in [0.29, 0.717) is 11.5 Å². The van der Waals surface area contributed by atoms with Gasteiger partial charge in [-0.15, -0.1) is 0 Å². The first-order valence-electron chi connectivity index (χ1n) is 5.56. The van der Waals surface area contributed by atoms with Gasteiger partial charge in [0.25, 0.3) is 5.91 Å². The molecule has 1 atom stereocenters. The molecular formula is C13H14N2O2. The van der Waals surface area contributed by atoms with Crippen LogP contribution in [0.2, 0.25) is 0 Å². The first-order chi connectivity index (χ1) is 8.09. The smallest absolute Gasteiger partial charge is 0.264 e. The van der Waals surface area contributed by atoms with Gasteiger partial charge in [-0.05, 0) is 17.0 Å². The molecular weight excluding hydrogens is 216 g/mol. The average Bonchev–Trinajstić information content (AvgIpc) is 2.29. The summed E-state index contributed by atoms with van der Waals surface area (Å²) in [6.07, 6.45) is 1.14. The fourth-order valence-corrected chi connectivity index (χ4v) is 1.80. The molecule has 1 aromatic rings. The van der Waals surface area contributed by atoms with Crippen molar-refractivity contribution in [1.29, 1.82) is 0 Å². The Bertz CT molecular complexity index is 475. The third kappa shape index (κ3) is 2.25. The highest BCUT2D eigenvalue weighted by Crippen LogP contribution is 2.22. The summed E-state index contributed by atoms with van der Waals surface area (Å²) in [7, 11) is 0. The standard InChI is InChI=1S/C13H14N2O2/c1-8(2)9-3-5-10(6-4-9)11-12(16)14-7-15-13(11)17/h3-8,11H,1-2H3,(H,14,15,16,17). The van der Waals surface area contributed by atoms with Crippen molar-refractivity contribution in [3.05, 3.63) is 35.4 Å². The molecule has 4 heteroatoms. The fourth-order valence-electron chi connectivity index (χ4n) is 1.80. The maximum absolute atomic E-state index is 11.6. The van der Waals surface area contributed by atoms with Crippen molar-refractivity contribution in [3.63, 3.8) is 0 Å². The molecule has 0 bridgehead atoms. The maximum Gasteiger partial charge on any atom is 0.264 e. The van der Waals surface area contributed by atoms with E-state index in [0.717, 1.165) is 6.34 Å². The van der Waals surface area contributed by atoms with Crippen LogP contribution in [-0.4, -0.2) is 18.2 Å². The van der Waals surface area contributed by atoms with E-state index in [-0.39, 0.29) is 5.91 Å². The molecule has 1 unspecified atom stereocenters. The van der Waals surface area contributed by atoms with Gasteiger partial charge in [-0.2, -0.15) is 0 Å². The minimum Gasteiger partial charge on any atom is -0.316 e. The van der Waals surface area contributed by atoms with E-state index in [1.807, 2.05) is 24.3 Å². The summed E-state index contributed by atoms with van der Waals surface area (Å²) in [6, 6.07) is 7.52. The number of amides is 2. The van der Waals surface area contributed by atoms with Gasteiger partial charge >= 0.3 is 0 Å². The van der Waals surface area contributed by atoms with Crippen molar-refractivity contribution >= 4 is 18.2 Å². The largest absolute Gasteiger partial charge is 0.316 e. The Morgan fingerprint density at radius 3 is 2.35 bits per heavy atom. The maximum atomic E-state index is 11.6. The lowest BCUT2D eigenvalue weighted by atomic mass is 9.93. The predicted molar refractivity (Wildman–Crippen MR) is 64.9 cm³/mol. The molecule has 4 nitrogen and oxygen atoms in total. The highest BCUT2D eigenvalue weighted by atomic mass is 16.2. The highest BCUT2D eigenvalue weighted by molar-refractivity contribution is 6.14. The van der Waals surface area contributed by atoms with Crippen LogP contribution in [0.4, 0.5) is 0 Å². The first-order valence-corrected chi connectivity index (χ1v) is 5.56. The van der Waals surface area contributed by atoms with Crippen LogP contribution in [0.1, 0.15) is 36.8 Å². The van der Waals surface area contributed by atoms with Gasteiger partial charge < -0.3 is 5.32 Å². The van der Waals surface area contributed by atoms with Crippen molar-refractivity contribution in [2.24, 2.45) is 4.99 Å². The Kier molecular flexibility index (Phi) is 3.04. The Morgan fingerprint density at radius 2 is 1.82 bits per heavy atom. The number of carbonyl (C=O) groups excluding carboxylic acids is 2. The minimum atomic E-state index is -0.804. The molecule has 0 spiro atoms. The number of benzene rings is 1. The van der Waals surface area contributed by atoms with E-state index in [1.54, 1.807) is 0 Å². The van der Waals surface area contributed by atoms with Crippen molar-refractivity contribution < 1.29 is 9.59 Å². The molecule has 1 aliphatic rings. The molecule has 0 fully saturated rings. The van der Waals surface area contributed by atoms with Crippen LogP contribution in [0.3, 0.4) is 0 Å². The van der Waals surface area contributed by atoms with E-state index in [1.165, 1.54) is 5.56 Å². The Balaban J connectivity index is 2.31. The van der Waals surface area contributed by atoms with Crippen LogP contribution >= 0.6 is 0 Å². The quantitative estimate of drug-likeness (QED) is 0.784. The topological polar surface area (TPSA) is 58.5 Å². The van der Waals surface area contributed by atoms with Crippen molar-refractivity contribution in [1.82, 2.24) is 5.32 Å². The van der Waals surface area contributed by atoms with Crippen molar-refractivity contribution in [3.8, 4) is 0 Å². The first kappa shape index (κ1) is 11.5. The second kappa shape index (κ2) is 4.49. The molecule has 0 aromatic heterocycles. The third-order valence-corrected chi connectivity index (χ3v) is 2.84. The summed E-state index contributed by atoms with van der Waals surface area (Å²) in [5.74, 6) is -1.10. The van der Waals surface area contributed by atoms with Gasteiger partial charge in [0.15, 0.2) is 0 Å². The van der Waals surface area contributed by atoms with E-state index in [4.69, 9.17) is 0 Å². The fraction of sp³-hybridized carbons (Fsp3) is 0.308. The van der Waals surface area contributed by atoms with Crippen LogP contribution in [0.25, 0.3) is 0 Å².